The molecule has 9 nitrogen and oxygen atoms in total. The van der Waals surface area contributed by atoms with E-state index in [1.807, 2.05) is 26.4 Å². The summed E-state index contributed by atoms with van der Waals surface area (Å²) in [5.74, 6) is -1.50. The standard InChI is InChI=1S/C17H32N4O5S2/c1-10(2)14(18)17(26)21-12(6-8-28-4)16(25)20-11(5-7-27-3)15(24)19-9-13(22)23/h10-12,14H,5-9,18H2,1-4H3,(H,19,24)(H,20,25)(H,21,26)(H,22,23). The summed E-state index contributed by atoms with van der Waals surface area (Å²) in [6.07, 6.45) is 4.47. The number of rotatable bonds is 14. The molecule has 0 fully saturated rings. The molecule has 3 amide bonds. The van der Waals surface area contributed by atoms with Crippen LogP contribution in [0.1, 0.15) is 26.7 Å². The van der Waals surface area contributed by atoms with Crippen molar-refractivity contribution in [2.24, 2.45) is 11.7 Å². The Bertz CT molecular complexity index is 534. The highest BCUT2D eigenvalue weighted by Crippen LogP contribution is 2.06. The van der Waals surface area contributed by atoms with Crippen molar-refractivity contribution in [2.45, 2.75) is 44.8 Å². The molecule has 0 rings (SSSR count). The lowest BCUT2D eigenvalue weighted by atomic mass is 10.0. The van der Waals surface area contributed by atoms with Crippen LogP contribution in [0.4, 0.5) is 0 Å². The molecule has 0 bridgehead atoms. The second-order valence-corrected chi connectivity index (χ2v) is 8.54. The average molecular weight is 437 g/mol. The van der Waals surface area contributed by atoms with Crippen molar-refractivity contribution < 1.29 is 24.3 Å². The van der Waals surface area contributed by atoms with Crippen molar-refractivity contribution in [2.75, 3.05) is 30.6 Å². The zero-order valence-electron chi connectivity index (χ0n) is 16.8. The van der Waals surface area contributed by atoms with Crippen LogP contribution in [0.5, 0.6) is 0 Å². The fraction of sp³-hybridized carbons (Fsp3) is 0.765. The maximum atomic E-state index is 12.7. The molecule has 3 unspecified atom stereocenters. The lowest BCUT2D eigenvalue weighted by molar-refractivity contribution is -0.138. The Morgan fingerprint density at radius 2 is 1.36 bits per heavy atom. The number of hydrogen-bond acceptors (Lipinski definition) is 7. The summed E-state index contributed by atoms with van der Waals surface area (Å²) < 4.78 is 0. The summed E-state index contributed by atoms with van der Waals surface area (Å²) in [5.41, 5.74) is 5.85. The van der Waals surface area contributed by atoms with Crippen LogP contribution in [0.3, 0.4) is 0 Å². The van der Waals surface area contributed by atoms with E-state index >= 15 is 0 Å². The molecule has 0 aromatic heterocycles. The number of aliphatic carboxylic acids is 1. The molecule has 6 N–H and O–H groups in total. The maximum Gasteiger partial charge on any atom is 0.322 e. The fourth-order valence-corrected chi connectivity index (χ4v) is 3.08. The van der Waals surface area contributed by atoms with Crippen molar-refractivity contribution in [3.63, 3.8) is 0 Å². The molecule has 28 heavy (non-hydrogen) atoms. The van der Waals surface area contributed by atoms with E-state index in [4.69, 9.17) is 10.8 Å². The lowest BCUT2D eigenvalue weighted by Gasteiger charge is -2.24. The van der Waals surface area contributed by atoms with Gasteiger partial charge in [-0.05, 0) is 42.8 Å². The second-order valence-electron chi connectivity index (χ2n) is 6.57. The minimum absolute atomic E-state index is 0.0830. The number of nitrogens with one attached hydrogen (secondary N) is 3. The van der Waals surface area contributed by atoms with E-state index in [0.717, 1.165) is 0 Å². The second kappa shape index (κ2) is 14.5. The molecule has 11 heteroatoms. The third kappa shape index (κ3) is 10.8. The largest absolute Gasteiger partial charge is 0.480 e. The van der Waals surface area contributed by atoms with Gasteiger partial charge in [-0.3, -0.25) is 19.2 Å². The number of carboxylic acids is 1. The lowest BCUT2D eigenvalue weighted by Crippen LogP contribution is -2.56. The number of thioether (sulfide) groups is 2. The molecule has 0 radical (unpaired) electrons. The number of carboxylic acid groups (broad SMARTS) is 1. The molecule has 0 aromatic carbocycles. The molecule has 3 atom stereocenters. The predicted molar refractivity (Wildman–Crippen MR) is 113 cm³/mol. The first-order chi connectivity index (χ1) is 13.1. The molecule has 0 aliphatic heterocycles. The van der Waals surface area contributed by atoms with Gasteiger partial charge >= 0.3 is 5.97 Å². The quantitative estimate of drug-likeness (QED) is 0.248. The van der Waals surface area contributed by atoms with Gasteiger partial charge in [-0.1, -0.05) is 13.8 Å². The van der Waals surface area contributed by atoms with Gasteiger partial charge < -0.3 is 26.8 Å². The zero-order chi connectivity index (χ0) is 21.7. The molecule has 162 valence electrons. The number of nitrogens with two attached hydrogens (primary N) is 1. The smallest absolute Gasteiger partial charge is 0.322 e. The van der Waals surface area contributed by atoms with Gasteiger partial charge in [-0.2, -0.15) is 23.5 Å². The van der Waals surface area contributed by atoms with Crippen LogP contribution >= 0.6 is 23.5 Å². The van der Waals surface area contributed by atoms with Crippen molar-refractivity contribution in [1.29, 1.82) is 0 Å². The van der Waals surface area contributed by atoms with E-state index in [0.29, 0.717) is 24.3 Å². The van der Waals surface area contributed by atoms with Crippen molar-refractivity contribution in [3.8, 4) is 0 Å². The van der Waals surface area contributed by atoms with Gasteiger partial charge in [0.2, 0.25) is 17.7 Å². The van der Waals surface area contributed by atoms with Crippen molar-refractivity contribution in [3.05, 3.63) is 0 Å². The minimum atomic E-state index is -1.17. The minimum Gasteiger partial charge on any atom is -0.480 e. The van der Waals surface area contributed by atoms with E-state index in [9.17, 15) is 19.2 Å². The Labute approximate surface area is 174 Å². The van der Waals surface area contributed by atoms with Gasteiger partial charge in [0, 0.05) is 0 Å². The van der Waals surface area contributed by atoms with Crippen LogP contribution in [0.2, 0.25) is 0 Å². The molecule has 0 saturated heterocycles. The van der Waals surface area contributed by atoms with Crippen LogP contribution < -0.4 is 21.7 Å². The number of carbonyl (C=O) groups is 4. The Balaban J connectivity index is 5.13. The van der Waals surface area contributed by atoms with Crippen molar-refractivity contribution in [1.82, 2.24) is 16.0 Å². The molecule has 0 aromatic rings. The van der Waals surface area contributed by atoms with Crippen LogP contribution in [-0.4, -0.2) is 77.5 Å². The SMILES string of the molecule is CSCCC(NC(=O)C(CCSC)NC(=O)C(N)C(C)C)C(=O)NCC(=O)O. The first-order valence-electron chi connectivity index (χ1n) is 8.97. The number of amides is 3. The van der Waals surface area contributed by atoms with Gasteiger partial charge in [-0.25, -0.2) is 0 Å². The van der Waals surface area contributed by atoms with Crippen LogP contribution in [0.15, 0.2) is 0 Å². The zero-order valence-corrected chi connectivity index (χ0v) is 18.5. The van der Waals surface area contributed by atoms with E-state index in [-0.39, 0.29) is 5.92 Å². The highest BCUT2D eigenvalue weighted by atomic mass is 32.2. The Morgan fingerprint density at radius 1 is 0.893 bits per heavy atom. The van der Waals surface area contributed by atoms with E-state index in [1.165, 1.54) is 23.5 Å². The number of hydrogen-bond donors (Lipinski definition) is 5. The van der Waals surface area contributed by atoms with E-state index in [1.54, 1.807) is 0 Å². The summed E-state index contributed by atoms with van der Waals surface area (Å²) in [5, 5.41) is 16.3. The summed E-state index contributed by atoms with van der Waals surface area (Å²) in [6.45, 7) is 3.10. The van der Waals surface area contributed by atoms with Crippen LogP contribution in [0.25, 0.3) is 0 Å². The topological polar surface area (TPSA) is 151 Å². The summed E-state index contributed by atoms with van der Waals surface area (Å²) >= 11 is 3.03. The molecule has 0 aliphatic carbocycles. The normalized spacial score (nSPS) is 14.1. The molecule has 0 saturated carbocycles. The van der Waals surface area contributed by atoms with Gasteiger partial charge in [0.25, 0.3) is 0 Å². The van der Waals surface area contributed by atoms with Gasteiger partial charge in [0.1, 0.15) is 18.6 Å². The van der Waals surface area contributed by atoms with Crippen molar-refractivity contribution >= 4 is 47.2 Å². The summed E-state index contributed by atoms with van der Waals surface area (Å²) in [4.78, 5) is 47.9. The van der Waals surface area contributed by atoms with Gasteiger partial charge in [0.05, 0.1) is 6.04 Å². The monoisotopic (exact) mass is 436 g/mol. The van der Waals surface area contributed by atoms with E-state index in [2.05, 4.69) is 16.0 Å². The van der Waals surface area contributed by atoms with Crippen LogP contribution in [-0.2, 0) is 19.2 Å². The maximum absolute atomic E-state index is 12.7. The molecule has 0 spiro atoms. The molecule has 0 aliphatic rings. The van der Waals surface area contributed by atoms with Gasteiger partial charge in [0.15, 0.2) is 0 Å². The van der Waals surface area contributed by atoms with E-state index < -0.39 is 48.4 Å². The highest BCUT2D eigenvalue weighted by molar-refractivity contribution is 7.98. The van der Waals surface area contributed by atoms with Gasteiger partial charge in [-0.15, -0.1) is 0 Å². The summed E-state index contributed by atoms with van der Waals surface area (Å²) in [6, 6.07) is -2.45. The first kappa shape index (κ1) is 26.5. The molecular formula is C17H32N4O5S2. The third-order valence-electron chi connectivity index (χ3n) is 3.92. The Kier molecular flexibility index (Phi) is 13.8. The first-order valence-corrected chi connectivity index (χ1v) is 11.8. The van der Waals surface area contributed by atoms with Crippen LogP contribution in [0, 0.1) is 5.92 Å². The molecular weight excluding hydrogens is 404 g/mol. The molecule has 0 heterocycles. The third-order valence-corrected chi connectivity index (χ3v) is 5.21. The fourth-order valence-electron chi connectivity index (χ4n) is 2.14. The summed E-state index contributed by atoms with van der Waals surface area (Å²) in [7, 11) is 0. The highest BCUT2D eigenvalue weighted by Gasteiger charge is 2.28. The Hall–Kier alpha value is -1.46. The number of carbonyl (C=O) groups excluding carboxylic acids is 3. The predicted octanol–water partition coefficient (Wildman–Crippen LogP) is -0.354. The average Bonchev–Trinajstić information content (AvgIpc) is 2.64. The Morgan fingerprint density at radius 3 is 1.79 bits per heavy atom.